The van der Waals surface area contributed by atoms with Crippen LogP contribution in [0, 0.1) is 5.92 Å². The first kappa shape index (κ1) is 27.7. The van der Waals surface area contributed by atoms with Gasteiger partial charge < -0.3 is 29.5 Å². The number of fused-ring (bicyclic) bond motifs is 1. The number of carbonyl (C=O) groups excluding carboxylic acids is 3. The third-order valence-corrected chi connectivity index (χ3v) is 8.64. The molecule has 2 aromatic rings. The van der Waals surface area contributed by atoms with Crippen LogP contribution in [0.5, 0.6) is 0 Å². The van der Waals surface area contributed by atoms with Crippen LogP contribution in [-0.2, 0) is 19.1 Å². The Kier molecular flexibility index (Phi) is 8.32. The van der Waals surface area contributed by atoms with Crippen LogP contribution in [0.4, 0.5) is 5.13 Å². The lowest BCUT2D eigenvalue weighted by molar-refractivity contribution is -0.138. The van der Waals surface area contributed by atoms with Crippen LogP contribution in [-0.4, -0.2) is 110 Å². The molecule has 3 aliphatic rings. The third-order valence-electron chi connectivity index (χ3n) is 7.74. The van der Waals surface area contributed by atoms with Gasteiger partial charge in [-0.2, -0.15) is 0 Å². The maximum Gasteiger partial charge on any atom is 0.251 e. The van der Waals surface area contributed by atoms with Crippen molar-refractivity contribution in [2.75, 3.05) is 58.4 Å². The molecule has 0 aliphatic carbocycles. The fraction of sp³-hybridized carbons (Fsp3) is 0.571. The molecule has 3 fully saturated rings. The number of methoxy groups -OCH3 is 1. The number of nitrogens with zero attached hydrogens (tertiary/aromatic N) is 4. The summed E-state index contributed by atoms with van der Waals surface area (Å²) < 4.78 is 11.1. The van der Waals surface area contributed by atoms with Crippen LogP contribution in [0.3, 0.4) is 0 Å². The second-order valence-electron chi connectivity index (χ2n) is 11.0. The van der Waals surface area contributed by atoms with Crippen LogP contribution < -0.4 is 10.2 Å². The maximum atomic E-state index is 13.6. The molecule has 3 saturated heterocycles. The molecule has 1 aromatic carbocycles. The van der Waals surface area contributed by atoms with E-state index >= 15 is 0 Å². The predicted molar refractivity (Wildman–Crippen MR) is 149 cm³/mol. The van der Waals surface area contributed by atoms with Crippen molar-refractivity contribution in [2.24, 2.45) is 5.92 Å². The van der Waals surface area contributed by atoms with Crippen molar-refractivity contribution < 1.29 is 23.9 Å². The standard InChI is InChI=1S/C28H37N5O5S/c1-17(2)13-20(27(36)33-14-23(37-4)25-24(33)22(34)15-38-25)29-26(35)19-7-5-18(6-8-19)21-16-39-28(30-21)32-11-9-31(3)10-12-32/h5-8,16-17,20,23-25H,9-15H2,1-4H3,(H,29,35)/t20?,23-,24-,25-/m1/s1. The number of ketones is 1. The molecule has 2 amide bonds. The van der Waals surface area contributed by atoms with Crippen molar-refractivity contribution >= 4 is 34.1 Å². The van der Waals surface area contributed by atoms with Gasteiger partial charge in [0.1, 0.15) is 30.9 Å². The Morgan fingerprint density at radius 3 is 2.56 bits per heavy atom. The first-order chi connectivity index (χ1) is 18.7. The second-order valence-corrected chi connectivity index (χ2v) is 11.8. The molecule has 0 bridgehead atoms. The summed E-state index contributed by atoms with van der Waals surface area (Å²) in [6, 6.07) is 5.88. The van der Waals surface area contributed by atoms with Crippen molar-refractivity contribution in [3.05, 3.63) is 35.2 Å². The molecule has 0 radical (unpaired) electrons. The van der Waals surface area contributed by atoms with Gasteiger partial charge in [-0.25, -0.2) is 4.98 Å². The summed E-state index contributed by atoms with van der Waals surface area (Å²) in [5.41, 5.74) is 2.28. The molecule has 3 aliphatic heterocycles. The first-order valence-electron chi connectivity index (χ1n) is 13.5. The fourth-order valence-corrected chi connectivity index (χ4v) is 6.40. The number of hydrogen-bond acceptors (Lipinski definition) is 9. The Bertz CT molecular complexity index is 1190. The minimum atomic E-state index is -0.758. The second kappa shape index (κ2) is 11.7. The number of ether oxygens (including phenoxy) is 2. The van der Waals surface area contributed by atoms with Crippen molar-refractivity contribution in [1.82, 2.24) is 20.1 Å². The number of likely N-dealkylation sites (tertiary alicyclic amines) is 1. The molecule has 4 heterocycles. The Labute approximate surface area is 233 Å². The molecule has 1 unspecified atom stereocenters. The highest BCUT2D eigenvalue weighted by molar-refractivity contribution is 7.14. The summed E-state index contributed by atoms with van der Waals surface area (Å²) in [4.78, 5) is 50.3. The van der Waals surface area contributed by atoms with Crippen molar-refractivity contribution in [1.29, 1.82) is 0 Å². The molecule has 1 aromatic heterocycles. The molecule has 1 N–H and O–H groups in total. The molecule has 5 rings (SSSR count). The van der Waals surface area contributed by atoms with Crippen molar-refractivity contribution in [2.45, 2.75) is 44.6 Å². The fourth-order valence-electron chi connectivity index (χ4n) is 5.51. The average molecular weight is 556 g/mol. The van der Waals surface area contributed by atoms with Crippen molar-refractivity contribution in [3.63, 3.8) is 0 Å². The highest BCUT2D eigenvalue weighted by atomic mass is 32.1. The van der Waals surface area contributed by atoms with Crippen LogP contribution >= 0.6 is 11.3 Å². The van der Waals surface area contributed by atoms with Gasteiger partial charge in [0.05, 0.1) is 12.2 Å². The van der Waals surface area contributed by atoms with Gasteiger partial charge in [-0.1, -0.05) is 26.0 Å². The van der Waals surface area contributed by atoms with Gasteiger partial charge in [0.15, 0.2) is 10.9 Å². The number of aromatic nitrogens is 1. The van der Waals surface area contributed by atoms with Gasteiger partial charge in [0.25, 0.3) is 5.91 Å². The van der Waals surface area contributed by atoms with Crippen molar-refractivity contribution in [3.8, 4) is 11.3 Å². The van der Waals surface area contributed by atoms with Gasteiger partial charge in [-0.3, -0.25) is 14.4 Å². The maximum absolute atomic E-state index is 13.6. The number of carbonyl (C=O) groups is 3. The zero-order valence-corrected chi connectivity index (χ0v) is 23.8. The van der Waals surface area contributed by atoms with E-state index in [-0.39, 0.29) is 42.8 Å². The Balaban J connectivity index is 1.26. The van der Waals surface area contributed by atoms with E-state index in [0.717, 1.165) is 42.6 Å². The first-order valence-corrected chi connectivity index (χ1v) is 14.4. The molecule has 210 valence electrons. The minimum Gasteiger partial charge on any atom is -0.377 e. The lowest BCUT2D eigenvalue weighted by Gasteiger charge is -2.32. The zero-order valence-electron chi connectivity index (χ0n) is 23.0. The van der Waals surface area contributed by atoms with E-state index in [1.54, 1.807) is 30.6 Å². The average Bonchev–Trinajstić information content (AvgIpc) is 3.65. The Morgan fingerprint density at radius 1 is 1.18 bits per heavy atom. The third kappa shape index (κ3) is 5.86. The quantitative estimate of drug-likeness (QED) is 0.527. The van der Waals surface area contributed by atoms with E-state index < -0.39 is 18.2 Å². The number of nitrogens with one attached hydrogen (secondary N) is 1. The minimum absolute atomic E-state index is 0.0254. The number of thiazole rings is 1. The van der Waals surface area contributed by atoms with Gasteiger partial charge in [-0.05, 0) is 31.5 Å². The van der Waals surface area contributed by atoms with Gasteiger partial charge in [-0.15, -0.1) is 11.3 Å². The summed E-state index contributed by atoms with van der Waals surface area (Å²) in [5, 5.41) is 5.99. The number of benzene rings is 1. The van der Waals surface area contributed by atoms with E-state index in [2.05, 4.69) is 22.2 Å². The highest BCUT2D eigenvalue weighted by Crippen LogP contribution is 2.31. The number of Topliss-reactive ketones (excluding diaryl/α,β-unsaturated/α-hetero) is 1. The lowest BCUT2D eigenvalue weighted by Crippen LogP contribution is -2.52. The van der Waals surface area contributed by atoms with Crippen LogP contribution in [0.1, 0.15) is 30.6 Å². The van der Waals surface area contributed by atoms with Gasteiger partial charge >= 0.3 is 0 Å². The van der Waals surface area contributed by atoms with E-state index in [1.807, 2.05) is 31.4 Å². The number of piperazine rings is 1. The molecule has 4 atom stereocenters. The molecule has 0 spiro atoms. The van der Waals surface area contributed by atoms with E-state index in [4.69, 9.17) is 14.5 Å². The molecule has 10 nitrogen and oxygen atoms in total. The predicted octanol–water partition coefficient (Wildman–Crippen LogP) is 1.90. The molecular weight excluding hydrogens is 518 g/mol. The SMILES string of the molecule is CO[C@@H]1CN(C(=O)C(CC(C)C)NC(=O)c2ccc(-c3csc(N4CCN(C)CC4)n3)cc2)[C@@H]2C(=O)CO[C@@H]21. The summed E-state index contributed by atoms with van der Waals surface area (Å²) in [6.07, 6.45) is -0.371. The van der Waals surface area contributed by atoms with Crippen LogP contribution in [0.2, 0.25) is 0 Å². The summed E-state index contributed by atoms with van der Waals surface area (Å²) in [5.74, 6) is -0.574. The number of hydrogen-bond donors (Lipinski definition) is 1. The van der Waals surface area contributed by atoms with E-state index in [1.165, 1.54) is 4.90 Å². The van der Waals surface area contributed by atoms with Gasteiger partial charge in [0, 0.05) is 49.8 Å². The van der Waals surface area contributed by atoms with E-state index in [0.29, 0.717) is 12.0 Å². The Hall–Kier alpha value is -2.86. The molecule has 11 heteroatoms. The van der Waals surface area contributed by atoms with Crippen LogP contribution in [0.15, 0.2) is 29.6 Å². The summed E-state index contributed by atoms with van der Waals surface area (Å²) >= 11 is 1.63. The number of anilines is 1. The van der Waals surface area contributed by atoms with Gasteiger partial charge in [0.2, 0.25) is 5.91 Å². The number of amides is 2. The number of rotatable bonds is 8. The highest BCUT2D eigenvalue weighted by Gasteiger charge is 2.53. The smallest absolute Gasteiger partial charge is 0.251 e. The molecule has 39 heavy (non-hydrogen) atoms. The largest absolute Gasteiger partial charge is 0.377 e. The molecular formula is C28H37N5O5S. The normalized spacial score (nSPS) is 24.3. The monoisotopic (exact) mass is 555 g/mol. The Morgan fingerprint density at radius 2 is 1.90 bits per heavy atom. The van der Waals surface area contributed by atoms with Crippen LogP contribution in [0.25, 0.3) is 11.3 Å². The number of likely N-dealkylation sites (N-methyl/N-ethyl adjacent to an activating group) is 1. The lowest BCUT2D eigenvalue weighted by atomic mass is 10.0. The topological polar surface area (TPSA) is 104 Å². The van der Waals surface area contributed by atoms with E-state index in [9.17, 15) is 14.4 Å². The molecule has 0 saturated carbocycles. The summed E-state index contributed by atoms with van der Waals surface area (Å²) in [6.45, 7) is 8.21. The zero-order chi connectivity index (χ0) is 27.7. The summed E-state index contributed by atoms with van der Waals surface area (Å²) in [7, 11) is 3.69.